The molecule has 1 N–H and O–H groups in total. The largest absolute Gasteiger partial charge is 0.321 e. The Hall–Kier alpha value is -2.20. The van der Waals surface area contributed by atoms with Gasteiger partial charge in [0.2, 0.25) is 0 Å². The smallest absolute Gasteiger partial charge is 0.267 e. The van der Waals surface area contributed by atoms with Crippen molar-refractivity contribution < 1.29 is 4.79 Å². The first kappa shape index (κ1) is 12.8. The zero-order chi connectivity index (χ0) is 14.1. The second-order valence-corrected chi connectivity index (χ2v) is 5.83. The number of amides is 1. The zero-order valence-corrected chi connectivity index (χ0v) is 12.1. The van der Waals surface area contributed by atoms with Gasteiger partial charge >= 0.3 is 0 Å². The monoisotopic (exact) mass is 282 g/mol. The fraction of sp³-hybridized carbons (Fsp3) is 0.125. The van der Waals surface area contributed by atoms with Gasteiger partial charge in [-0.2, -0.15) is 0 Å². The minimum Gasteiger partial charge on any atom is -0.321 e. The minimum absolute atomic E-state index is 0.0931. The van der Waals surface area contributed by atoms with Crippen LogP contribution < -0.4 is 5.32 Å². The average molecular weight is 282 g/mol. The third-order valence-electron chi connectivity index (χ3n) is 3.15. The van der Waals surface area contributed by atoms with Gasteiger partial charge in [0.1, 0.15) is 4.88 Å². The van der Waals surface area contributed by atoms with E-state index in [4.69, 9.17) is 0 Å². The summed E-state index contributed by atoms with van der Waals surface area (Å²) in [6.45, 7) is 3.77. The molecule has 3 rings (SSSR count). The Balaban J connectivity index is 1.97. The summed E-state index contributed by atoms with van der Waals surface area (Å²) in [5, 5.41) is 6.05. The van der Waals surface area contributed by atoms with Gasteiger partial charge in [-0.3, -0.25) is 4.79 Å². The molecule has 0 aliphatic carbocycles. The maximum atomic E-state index is 12.4. The SMILES string of the molecule is Cc1nc(C)c(C(=O)Nc2cccc3ccccc23)s1. The Morgan fingerprint density at radius 2 is 1.85 bits per heavy atom. The molecular formula is C16H14N2OS. The molecule has 0 fully saturated rings. The third kappa shape index (κ3) is 2.30. The highest BCUT2D eigenvalue weighted by Gasteiger charge is 2.14. The number of hydrogen-bond acceptors (Lipinski definition) is 3. The van der Waals surface area contributed by atoms with E-state index in [1.807, 2.05) is 56.3 Å². The van der Waals surface area contributed by atoms with Crippen LogP contribution >= 0.6 is 11.3 Å². The summed E-state index contributed by atoms with van der Waals surface area (Å²) >= 11 is 1.42. The predicted octanol–water partition coefficient (Wildman–Crippen LogP) is 4.17. The topological polar surface area (TPSA) is 42.0 Å². The average Bonchev–Trinajstić information content (AvgIpc) is 2.78. The summed E-state index contributed by atoms with van der Waals surface area (Å²) in [5.41, 5.74) is 1.61. The number of fused-ring (bicyclic) bond motifs is 1. The van der Waals surface area contributed by atoms with Crippen molar-refractivity contribution in [1.29, 1.82) is 0 Å². The Morgan fingerprint density at radius 1 is 1.10 bits per heavy atom. The molecule has 0 aliphatic rings. The summed E-state index contributed by atoms with van der Waals surface area (Å²) in [4.78, 5) is 17.3. The van der Waals surface area contributed by atoms with Gasteiger partial charge in [-0.15, -0.1) is 11.3 Å². The molecule has 1 aromatic heterocycles. The number of anilines is 1. The lowest BCUT2D eigenvalue weighted by Gasteiger charge is -2.08. The van der Waals surface area contributed by atoms with Gasteiger partial charge in [0.15, 0.2) is 0 Å². The summed E-state index contributed by atoms with van der Waals surface area (Å²) in [6, 6.07) is 13.9. The standard InChI is InChI=1S/C16H14N2OS/c1-10-15(20-11(2)17-10)16(19)18-14-9-5-7-12-6-3-4-8-13(12)14/h3-9H,1-2H3,(H,18,19). The molecule has 0 saturated carbocycles. The van der Waals surface area contributed by atoms with E-state index in [0.717, 1.165) is 27.2 Å². The zero-order valence-electron chi connectivity index (χ0n) is 11.3. The molecule has 0 spiro atoms. The van der Waals surface area contributed by atoms with E-state index < -0.39 is 0 Å². The minimum atomic E-state index is -0.0931. The summed E-state index contributed by atoms with van der Waals surface area (Å²) in [7, 11) is 0. The number of nitrogens with one attached hydrogen (secondary N) is 1. The maximum absolute atomic E-state index is 12.4. The number of thiazole rings is 1. The van der Waals surface area contributed by atoms with Crippen LogP contribution in [-0.2, 0) is 0 Å². The number of rotatable bonds is 2. The Bertz CT molecular complexity index is 787. The molecule has 3 nitrogen and oxygen atoms in total. The number of carbonyl (C=O) groups is 1. The van der Waals surface area contributed by atoms with Crippen molar-refractivity contribution in [3.63, 3.8) is 0 Å². The lowest BCUT2D eigenvalue weighted by molar-refractivity contribution is 0.103. The van der Waals surface area contributed by atoms with E-state index in [0.29, 0.717) is 4.88 Å². The number of nitrogens with zero attached hydrogens (tertiary/aromatic N) is 1. The predicted molar refractivity (Wildman–Crippen MR) is 83.5 cm³/mol. The molecule has 0 unspecified atom stereocenters. The van der Waals surface area contributed by atoms with Crippen LogP contribution in [0.2, 0.25) is 0 Å². The van der Waals surface area contributed by atoms with Crippen molar-refractivity contribution in [3.05, 3.63) is 58.0 Å². The summed E-state index contributed by atoms with van der Waals surface area (Å²) < 4.78 is 0. The highest BCUT2D eigenvalue weighted by Crippen LogP contribution is 2.25. The second-order valence-electron chi connectivity index (χ2n) is 4.63. The quantitative estimate of drug-likeness (QED) is 0.766. The molecule has 3 aromatic rings. The third-order valence-corrected chi connectivity index (χ3v) is 4.22. The van der Waals surface area contributed by atoms with Gasteiger partial charge in [0.25, 0.3) is 5.91 Å². The highest BCUT2D eigenvalue weighted by molar-refractivity contribution is 7.13. The normalized spacial score (nSPS) is 10.7. The van der Waals surface area contributed by atoms with E-state index in [2.05, 4.69) is 10.3 Å². The van der Waals surface area contributed by atoms with Crippen molar-refractivity contribution >= 4 is 33.7 Å². The first-order valence-electron chi connectivity index (χ1n) is 6.38. The Labute approximate surface area is 121 Å². The maximum Gasteiger partial charge on any atom is 0.267 e. The van der Waals surface area contributed by atoms with Crippen LogP contribution in [0.1, 0.15) is 20.4 Å². The molecule has 0 atom stereocenters. The van der Waals surface area contributed by atoms with Crippen LogP contribution in [0.15, 0.2) is 42.5 Å². The van der Waals surface area contributed by atoms with Crippen LogP contribution in [0.3, 0.4) is 0 Å². The van der Waals surface area contributed by atoms with Gasteiger partial charge in [-0.25, -0.2) is 4.98 Å². The second kappa shape index (κ2) is 5.06. The first-order chi connectivity index (χ1) is 9.65. The van der Waals surface area contributed by atoms with E-state index in [-0.39, 0.29) is 5.91 Å². The number of aromatic nitrogens is 1. The molecule has 0 aliphatic heterocycles. The molecule has 1 heterocycles. The Morgan fingerprint density at radius 3 is 2.60 bits per heavy atom. The molecular weight excluding hydrogens is 268 g/mol. The van der Waals surface area contributed by atoms with Gasteiger partial charge in [-0.05, 0) is 25.3 Å². The lowest BCUT2D eigenvalue weighted by Crippen LogP contribution is -2.11. The molecule has 0 saturated heterocycles. The van der Waals surface area contributed by atoms with E-state index >= 15 is 0 Å². The number of hydrogen-bond donors (Lipinski definition) is 1. The van der Waals surface area contributed by atoms with Crippen molar-refractivity contribution in [2.75, 3.05) is 5.32 Å². The number of benzene rings is 2. The molecule has 1 amide bonds. The van der Waals surface area contributed by atoms with E-state index in [9.17, 15) is 4.79 Å². The van der Waals surface area contributed by atoms with Crippen LogP contribution in [0.5, 0.6) is 0 Å². The van der Waals surface area contributed by atoms with Crippen LogP contribution in [-0.4, -0.2) is 10.9 Å². The Kier molecular flexibility index (Phi) is 3.24. The molecule has 20 heavy (non-hydrogen) atoms. The lowest BCUT2D eigenvalue weighted by atomic mass is 10.1. The molecule has 4 heteroatoms. The molecule has 2 aromatic carbocycles. The fourth-order valence-electron chi connectivity index (χ4n) is 2.26. The van der Waals surface area contributed by atoms with Crippen LogP contribution in [0.4, 0.5) is 5.69 Å². The molecule has 100 valence electrons. The number of aryl methyl sites for hydroxylation is 2. The summed E-state index contributed by atoms with van der Waals surface area (Å²) in [6.07, 6.45) is 0. The van der Waals surface area contributed by atoms with Crippen LogP contribution in [0, 0.1) is 13.8 Å². The summed E-state index contributed by atoms with van der Waals surface area (Å²) in [5.74, 6) is -0.0931. The first-order valence-corrected chi connectivity index (χ1v) is 7.20. The van der Waals surface area contributed by atoms with Gasteiger partial charge in [0, 0.05) is 11.1 Å². The highest BCUT2D eigenvalue weighted by atomic mass is 32.1. The van der Waals surface area contributed by atoms with E-state index in [1.54, 1.807) is 0 Å². The van der Waals surface area contributed by atoms with Crippen molar-refractivity contribution in [2.45, 2.75) is 13.8 Å². The van der Waals surface area contributed by atoms with Gasteiger partial charge < -0.3 is 5.32 Å². The van der Waals surface area contributed by atoms with Crippen molar-refractivity contribution in [1.82, 2.24) is 4.98 Å². The van der Waals surface area contributed by atoms with Crippen molar-refractivity contribution in [2.24, 2.45) is 0 Å². The van der Waals surface area contributed by atoms with Gasteiger partial charge in [-0.1, -0.05) is 36.4 Å². The van der Waals surface area contributed by atoms with E-state index in [1.165, 1.54) is 11.3 Å². The molecule has 0 radical (unpaired) electrons. The molecule has 0 bridgehead atoms. The van der Waals surface area contributed by atoms with Crippen LogP contribution in [0.25, 0.3) is 10.8 Å². The number of carbonyl (C=O) groups excluding carboxylic acids is 1. The van der Waals surface area contributed by atoms with Crippen molar-refractivity contribution in [3.8, 4) is 0 Å². The fourth-order valence-corrected chi connectivity index (χ4v) is 3.07. The van der Waals surface area contributed by atoms with Gasteiger partial charge in [0.05, 0.1) is 10.7 Å².